The van der Waals surface area contributed by atoms with E-state index in [9.17, 15) is 13.2 Å². The molecule has 1 atom stereocenters. The molecular weight excluding hydrogens is 376 g/mol. The maximum absolute atomic E-state index is 12.0. The average Bonchev–Trinajstić information content (AvgIpc) is 2.59. The van der Waals surface area contributed by atoms with E-state index in [1.54, 1.807) is 0 Å². The summed E-state index contributed by atoms with van der Waals surface area (Å²) in [6, 6.07) is 15.8. The Kier molecular flexibility index (Phi) is 8.57. The molecule has 0 aliphatic rings. The van der Waals surface area contributed by atoms with E-state index in [1.807, 2.05) is 54.6 Å². The van der Waals surface area contributed by atoms with Gasteiger partial charge in [-0.3, -0.25) is 4.79 Å². The second-order valence-electron chi connectivity index (χ2n) is 5.77. The molecule has 0 saturated carbocycles. The molecule has 2 aromatic carbocycles. The number of nitrogens with one attached hydrogen (secondary N) is 1. The van der Waals surface area contributed by atoms with E-state index in [2.05, 4.69) is 5.32 Å². The van der Waals surface area contributed by atoms with Crippen LogP contribution < -0.4 is 15.8 Å². The van der Waals surface area contributed by atoms with E-state index >= 15 is 0 Å². The maximum Gasteiger partial charge on any atom is 0.237 e. The predicted molar refractivity (Wildman–Crippen MR) is 104 cm³/mol. The van der Waals surface area contributed by atoms with E-state index in [1.165, 1.54) is 0 Å². The minimum absolute atomic E-state index is 0. The summed E-state index contributed by atoms with van der Waals surface area (Å²) >= 11 is 0. The molecule has 3 N–H and O–H groups in total. The molecule has 0 aromatic heterocycles. The fourth-order valence-corrected chi connectivity index (χ4v) is 2.83. The third-order valence-electron chi connectivity index (χ3n) is 3.53. The molecule has 142 valence electrons. The Bertz CT molecular complexity index is 813. The first-order valence-corrected chi connectivity index (χ1v) is 9.93. The van der Waals surface area contributed by atoms with Crippen molar-refractivity contribution in [3.05, 3.63) is 60.2 Å². The normalized spacial score (nSPS) is 11.9. The van der Waals surface area contributed by atoms with Gasteiger partial charge in [-0.05, 0) is 24.6 Å². The van der Waals surface area contributed by atoms with Gasteiger partial charge in [-0.25, -0.2) is 8.42 Å². The van der Waals surface area contributed by atoms with Crippen LogP contribution in [0.1, 0.15) is 12.0 Å². The third kappa shape index (κ3) is 7.43. The van der Waals surface area contributed by atoms with Gasteiger partial charge in [0.1, 0.15) is 21.3 Å². The first-order chi connectivity index (χ1) is 11.8. The summed E-state index contributed by atoms with van der Waals surface area (Å²) in [5.74, 6) is 0.831. The number of sulfone groups is 1. The number of nitrogens with two attached hydrogens (primary N) is 1. The number of ether oxygens (including phenoxy) is 1. The number of hydrogen-bond acceptors (Lipinski definition) is 5. The summed E-state index contributed by atoms with van der Waals surface area (Å²) < 4.78 is 28.1. The van der Waals surface area contributed by atoms with Crippen LogP contribution in [0.4, 0.5) is 0 Å². The minimum Gasteiger partial charge on any atom is -0.457 e. The quantitative estimate of drug-likeness (QED) is 0.710. The average molecular weight is 399 g/mol. The van der Waals surface area contributed by atoms with E-state index in [-0.39, 0.29) is 31.1 Å². The van der Waals surface area contributed by atoms with Crippen LogP contribution in [0, 0.1) is 0 Å². The largest absolute Gasteiger partial charge is 0.457 e. The Morgan fingerprint density at radius 1 is 1.12 bits per heavy atom. The molecule has 26 heavy (non-hydrogen) atoms. The Labute approximate surface area is 160 Å². The molecule has 6 nitrogen and oxygen atoms in total. The van der Waals surface area contributed by atoms with Crippen molar-refractivity contribution in [2.75, 3.05) is 12.0 Å². The van der Waals surface area contributed by atoms with Crippen molar-refractivity contribution in [2.24, 2.45) is 5.73 Å². The van der Waals surface area contributed by atoms with Gasteiger partial charge in [0.15, 0.2) is 0 Å². The number of carbonyl (C=O) groups is 1. The molecule has 0 spiro atoms. The van der Waals surface area contributed by atoms with E-state index in [0.29, 0.717) is 11.5 Å². The van der Waals surface area contributed by atoms with Crippen molar-refractivity contribution >= 4 is 28.2 Å². The Balaban J connectivity index is 0.00000338. The van der Waals surface area contributed by atoms with Crippen LogP contribution in [-0.2, 0) is 21.2 Å². The van der Waals surface area contributed by atoms with Gasteiger partial charge in [0.2, 0.25) is 5.91 Å². The zero-order valence-electron chi connectivity index (χ0n) is 14.4. The number of hydrogen-bond donors (Lipinski definition) is 2. The fourth-order valence-electron chi connectivity index (χ4n) is 2.15. The van der Waals surface area contributed by atoms with Crippen LogP contribution in [0.2, 0.25) is 0 Å². The molecule has 0 aliphatic carbocycles. The first-order valence-electron chi connectivity index (χ1n) is 7.87. The van der Waals surface area contributed by atoms with Gasteiger partial charge in [0.05, 0.1) is 11.8 Å². The lowest BCUT2D eigenvalue weighted by Gasteiger charge is -2.14. The fraction of sp³-hybridized carbons (Fsp3) is 0.278. The van der Waals surface area contributed by atoms with Crippen molar-refractivity contribution in [1.29, 1.82) is 0 Å². The minimum atomic E-state index is -3.14. The zero-order chi connectivity index (χ0) is 18.3. The summed E-state index contributed by atoms with van der Waals surface area (Å²) in [6.07, 6.45) is 1.21. The number of rotatable bonds is 8. The number of carbonyl (C=O) groups excluding carboxylic acids is 1. The highest BCUT2D eigenvalue weighted by Crippen LogP contribution is 2.24. The Morgan fingerprint density at radius 3 is 2.38 bits per heavy atom. The van der Waals surface area contributed by atoms with Crippen molar-refractivity contribution < 1.29 is 17.9 Å². The molecule has 8 heteroatoms. The monoisotopic (exact) mass is 398 g/mol. The van der Waals surface area contributed by atoms with E-state index in [4.69, 9.17) is 10.5 Å². The maximum atomic E-state index is 12.0. The topological polar surface area (TPSA) is 98.5 Å². The lowest BCUT2D eigenvalue weighted by atomic mass is 10.2. The zero-order valence-corrected chi connectivity index (χ0v) is 16.1. The van der Waals surface area contributed by atoms with Gasteiger partial charge in [-0.15, -0.1) is 12.4 Å². The number of para-hydroxylation sites is 2. The van der Waals surface area contributed by atoms with Crippen LogP contribution in [0.25, 0.3) is 0 Å². The molecule has 0 heterocycles. The Hall–Kier alpha value is -2.09. The van der Waals surface area contributed by atoms with Gasteiger partial charge in [0.25, 0.3) is 0 Å². The summed E-state index contributed by atoms with van der Waals surface area (Å²) in [5.41, 5.74) is 6.54. The molecule has 2 aromatic rings. The standard InChI is InChI=1S/C18H22N2O4S.ClH/c1-25(22,23)12-11-16(19)18(21)20-13-14-7-5-6-10-17(14)24-15-8-3-2-4-9-15;/h2-10,16H,11-13,19H2,1H3,(H,20,21);1H. The van der Waals surface area contributed by atoms with Crippen molar-refractivity contribution in [1.82, 2.24) is 5.32 Å². The molecule has 0 radical (unpaired) electrons. The van der Waals surface area contributed by atoms with Crippen molar-refractivity contribution in [3.8, 4) is 11.5 Å². The number of amides is 1. The highest BCUT2D eigenvalue weighted by Gasteiger charge is 2.16. The van der Waals surface area contributed by atoms with E-state index < -0.39 is 21.8 Å². The van der Waals surface area contributed by atoms with Crippen LogP contribution in [-0.4, -0.2) is 32.4 Å². The molecule has 2 rings (SSSR count). The number of benzene rings is 2. The first kappa shape index (κ1) is 22.0. The second kappa shape index (κ2) is 10.2. The van der Waals surface area contributed by atoms with Gasteiger partial charge in [-0.2, -0.15) is 0 Å². The lowest BCUT2D eigenvalue weighted by molar-refractivity contribution is -0.122. The van der Waals surface area contributed by atoms with Crippen LogP contribution >= 0.6 is 12.4 Å². The van der Waals surface area contributed by atoms with Gasteiger partial charge in [-0.1, -0.05) is 36.4 Å². The van der Waals surface area contributed by atoms with Gasteiger partial charge < -0.3 is 15.8 Å². The highest BCUT2D eigenvalue weighted by atomic mass is 35.5. The lowest BCUT2D eigenvalue weighted by Crippen LogP contribution is -2.41. The molecule has 0 fully saturated rings. The SMILES string of the molecule is CS(=O)(=O)CCC(N)C(=O)NCc1ccccc1Oc1ccccc1.Cl. The van der Waals surface area contributed by atoms with E-state index in [0.717, 1.165) is 11.8 Å². The highest BCUT2D eigenvalue weighted by molar-refractivity contribution is 7.90. The Morgan fingerprint density at radius 2 is 1.73 bits per heavy atom. The van der Waals surface area contributed by atoms with Crippen LogP contribution in [0.3, 0.4) is 0 Å². The van der Waals surface area contributed by atoms with Gasteiger partial charge >= 0.3 is 0 Å². The molecule has 1 unspecified atom stereocenters. The molecular formula is C18H23ClN2O4S. The summed E-state index contributed by atoms with van der Waals surface area (Å²) in [5, 5.41) is 2.72. The second-order valence-corrected chi connectivity index (χ2v) is 8.03. The summed E-state index contributed by atoms with van der Waals surface area (Å²) in [6.45, 7) is 0.244. The predicted octanol–water partition coefficient (Wildman–Crippen LogP) is 2.28. The van der Waals surface area contributed by atoms with Crippen molar-refractivity contribution in [3.63, 3.8) is 0 Å². The molecule has 0 aliphatic heterocycles. The summed E-state index contributed by atoms with van der Waals surface area (Å²) in [4.78, 5) is 12.0. The van der Waals surface area contributed by atoms with Crippen molar-refractivity contribution in [2.45, 2.75) is 19.0 Å². The third-order valence-corrected chi connectivity index (χ3v) is 4.51. The number of halogens is 1. The smallest absolute Gasteiger partial charge is 0.237 e. The van der Waals surface area contributed by atoms with Crippen LogP contribution in [0.15, 0.2) is 54.6 Å². The van der Waals surface area contributed by atoms with Gasteiger partial charge in [0, 0.05) is 18.4 Å². The molecule has 0 bridgehead atoms. The summed E-state index contributed by atoms with van der Waals surface area (Å²) in [7, 11) is -3.14. The van der Waals surface area contributed by atoms with Crippen LogP contribution in [0.5, 0.6) is 11.5 Å². The molecule has 0 saturated heterocycles. The molecule has 1 amide bonds.